The van der Waals surface area contributed by atoms with Gasteiger partial charge in [-0.15, -0.1) is 0 Å². The van der Waals surface area contributed by atoms with Crippen molar-refractivity contribution in [1.82, 2.24) is 4.90 Å². The molecule has 0 saturated carbocycles. The number of hydrogen-bond acceptors (Lipinski definition) is 2. The van der Waals surface area contributed by atoms with E-state index in [0.29, 0.717) is 5.02 Å². The SMILES string of the molecule is CC(c1ccc(Cl)cc1)N(C)C=CC(=O)O. The highest BCUT2D eigenvalue weighted by molar-refractivity contribution is 6.30. The molecule has 86 valence electrons. The number of carbonyl (C=O) groups is 1. The third-order valence-electron chi connectivity index (χ3n) is 2.42. The number of nitrogens with zero attached hydrogens (tertiary/aromatic N) is 1. The van der Waals surface area contributed by atoms with Gasteiger partial charge >= 0.3 is 5.97 Å². The van der Waals surface area contributed by atoms with Gasteiger partial charge in [0.25, 0.3) is 0 Å². The van der Waals surface area contributed by atoms with Crippen LogP contribution in [0.3, 0.4) is 0 Å². The minimum Gasteiger partial charge on any atom is -0.478 e. The quantitative estimate of drug-likeness (QED) is 0.822. The van der Waals surface area contributed by atoms with Gasteiger partial charge in [0.1, 0.15) is 0 Å². The fourth-order valence-corrected chi connectivity index (χ4v) is 1.41. The number of aliphatic carboxylic acids is 1. The molecule has 0 aliphatic heterocycles. The smallest absolute Gasteiger partial charge is 0.329 e. The second-order valence-corrected chi connectivity index (χ2v) is 3.98. The molecular formula is C12H14ClNO2. The van der Waals surface area contributed by atoms with Gasteiger partial charge < -0.3 is 10.0 Å². The average molecular weight is 240 g/mol. The molecule has 3 nitrogen and oxygen atoms in total. The number of halogens is 1. The molecule has 0 saturated heterocycles. The molecule has 0 aliphatic rings. The lowest BCUT2D eigenvalue weighted by molar-refractivity contribution is -0.131. The van der Waals surface area contributed by atoms with Gasteiger partial charge in [-0.25, -0.2) is 4.79 Å². The first-order chi connectivity index (χ1) is 7.50. The molecule has 1 unspecified atom stereocenters. The Hall–Kier alpha value is -1.48. The lowest BCUT2D eigenvalue weighted by Gasteiger charge is -2.23. The molecule has 1 aromatic carbocycles. The predicted molar refractivity (Wildman–Crippen MR) is 64.4 cm³/mol. The van der Waals surface area contributed by atoms with Crippen LogP contribution in [0.5, 0.6) is 0 Å². The summed E-state index contributed by atoms with van der Waals surface area (Å²) in [4.78, 5) is 12.2. The molecule has 0 fully saturated rings. The van der Waals surface area contributed by atoms with E-state index in [9.17, 15) is 4.79 Å². The molecule has 0 aliphatic carbocycles. The van der Waals surface area contributed by atoms with Gasteiger partial charge in [-0.3, -0.25) is 0 Å². The highest BCUT2D eigenvalue weighted by atomic mass is 35.5. The van der Waals surface area contributed by atoms with Crippen molar-refractivity contribution in [2.75, 3.05) is 7.05 Å². The van der Waals surface area contributed by atoms with Gasteiger partial charge in [-0.1, -0.05) is 23.7 Å². The van der Waals surface area contributed by atoms with Gasteiger partial charge in [-0.2, -0.15) is 0 Å². The Morgan fingerprint density at radius 1 is 1.44 bits per heavy atom. The van der Waals surface area contributed by atoms with E-state index >= 15 is 0 Å². The molecule has 1 rings (SSSR count). The zero-order valence-electron chi connectivity index (χ0n) is 9.22. The zero-order valence-corrected chi connectivity index (χ0v) is 9.98. The first-order valence-electron chi connectivity index (χ1n) is 4.89. The van der Waals surface area contributed by atoms with Gasteiger partial charge in [0.15, 0.2) is 0 Å². The molecular weight excluding hydrogens is 226 g/mol. The fraction of sp³-hybridized carbons (Fsp3) is 0.250. The highest BCUT2D eigenvalue weighted by Crippen LogP contribution is 2.20. The van der Waals surface area contributed by atoms with Crippen molar-refractivity contribution >= 4 is 17.6 Å². The van der Waals surface area contributed by atoms with Gasteiger partial charge in [0.2, 0.25) is 0 Å². The molecule has 0 radical (unpaired) electrons. The van der Waals surface area contributed by atoms with E-state index in [1.807, 2.05) is 43.1 Å². The minimum atomic E-state index is -0.949. The van der Waals surface area contributed by atoms with Crippen molar-refractivity contribution in [3.8, 4) is 0 Å². The van der Waals surface area contributed by atoms with E-state index in [0.717, 1.165) is 11.6 Å². The van der Waals surface area contributed by atoms with E-state index in [2.05, 4.69) is 0 Å². The van der Waals surface area contributed by atoms with Crippen molar-refractivity contribution in [3.63, 3.8) is 0 Å². The summed E-state index contributed by atoms with van der Waals surface area (Å²) < 4.78 is 0. The van der Waals surface area contributed by atoms with Crippen LogP contribution in [-0.4, -0.2) is 23.0 Å². The van der Waals surface area contributed by atoms with Crippen LogP contribution < -0.4 is 0 Å². The Morgan fingerprint density at radius 3 is 2.50 bits per heavy atom. The van der Waals surface area contributed by atoms with Gasteiger partial charge in [-0.05, 0) is 24.6 Å². The molecule has 0 amide bonds. The molecule has 4 heteroatoms. The molecule has 0 spiro atoms. The van der Waals surface area contributed by atoms with Gasteiger partial charge in [0, 0.05) is 24.3 Å². The van der Waals surface area contributed by atoms with E-state index in [-0.39, 0.29) is 6.04 Å². The van der Waals surface area contributed by atoms with E-state index < -0.39 is 5.97 Å². The van der Waals surface area contributed by atoms with Crippen LogP contribution in [0.2, 0.25) is 5.02 Å². The molecule has 0 heterocycles. The largest absolute Gasteiger partial charge is 0.478 e. The maximum Gasteiger partial charge on any atom is 0.329 e. The Kier molecular flexibility index (Phi) is 4.38. The Labute approximate surface area is 100.0 Å². The molecule has 0 aromatic heterocycles. The number of hydrogen-bond donors (Lipinski definition) is 1. The Balaban J connectivity index is 2.73. The molecule has 16 heavy (non-hydrogen) atoms. The predicted octanol–water partition coefficient (Wildman–Crippen LogP) is 2.93. The van der Waals surface area contributed by atoms with Crippen LogP contribution in [0.1, 0.15) is 18.5 Å². The lowest BCUT2D eigenvalue weighted by atomic mass is 10.1. The second kappa shape index (κ2) is 5.56. The third kappa shape index (κ3) is 3.59. The van der Waals surface area contributed by atoms with Crippen LogP contribution in [0.25, 0.3) is 0 Å². The van der Waals surface area contributed by atoms with Crippen LogP contribution in [-0.2, 0) is 4.79 Å². The van der Waals surface area contributed by atoms with E-state index in [1.165, 1.54) is 0 Å². The van der Waals surface area contributed by atoms with Gasteiger partial charge in [0.05, 0.1) is 6.04 Å². The van der Waals surface area contributed by atoms with Crippen LogP contribution in [0.4, 0.5) is 0 Å². The summed E-state index contributed by atoms with van der Waals surface area (Å²) in [6.07, 6.45) is 2.66. The Morgan fingerprint density at radius 2 is 2.00 bits per heavy atom. The topological polar surface area (TPSA) is 40.5 Å². The first-order valence-corrected chi connectivity index (χ1v) is 5.27. The maximum absolute atomic E-state index is 10.4. The van der Waals surface area contributed by atoms with E-state index in [4.69, 9.17) is 16.7 Å². The summed E-state index contributed by atoms with van der Waals surface area (Å²) in [5, 5.41) is 9.21. The zero-order chi connectivity index (χ0) is 12.1. The van der Waals surface area contributed by atoms with Crippen LogP contribution >= 0.6 is 11.6 Å². The molecule has 1 atom stereocenters. The summed E-state index contributed by atoms with van der Waals surface area (Å²) in [5.41, 5.74) is 1.09. The monoisotopic (exact) mass is 239 g/mol. The van der Waals surface area contributed by atoms with Crippen LogP contribution in [0, 0.1) is 0 Å². The summed E-state index contributed by atoms with van der Waals surface area (Å²) in [6, 6.07) is 7.60. The number of carboxylic acid groups (broad SMARTS) is 1. The average Bonchev–Trinajstić information content (AvgIpc) is 2.26. The first kappa shape index (κ1) is 12.6. The van der Waals surface area contributed by atoms with Crippen molar-refractivity contribution in [2.24, 2.45) is 0 Å². The third-order valence-corrected chi connectivity index (χ3v) is 2.67. The number of carboxylic acids is 1. The second-order valence-electron chi connectivity index (χ2n) is 3.55. The minimum absolute atomic E-state index is 0.105. The van der Waals surface area contributed by atoms with Crippen molar-refractivity contribution < 1.29 is 9.90 Å². The maximum atomic E-state index is 10.4. The molecule has 0 bridgehead atoms. The van der Waals surface area contributed by atoms with E-state index in [1.54, 1.807) is 6.20 Å². The van der Waals surface area contributed by atoms with Crippen molar-refractivity contribution in [1.29, 1.82) is 0 Å². The van der Waals surface area contributed by atoms with Crippen LogP contribution in [0.15, 0.2) is 36.5 Å². The summed E-state index contributed by atoms with van der Waals surface area (Å²) in [5.74, 6) is -0.949. The fourth-order valence-electron chi connectivity index (χ4n) is 1.29. The standard InChI is InChI=1S/C12H14ClNO2/c1-9(14(2)8-7-12(15)16)10-3-5-11(13)6-4-10/h3-9H,1-2H3,(H,15,16). The summed E-state index contributed by atoms with van der Waals surface area (Å²) in [7, 11) is 1.83. The normalized spacial score (nSPS) is 12.7. The van der Waals surface area contributed by atoms with Crippen molar-refractivity contribution in [2.45, 2.75) is 13.0 Å². The Bertz CT molecular complexity index is 387. The number of rotatable bonds is 4. The van der Waals surface area contributed by atoms with Crippen molar-refractivity contribution in [3.05, 3.63) is 47.1 Å². The summed E-state index contributed by atoms with van der Waals surface area (Å²) >= 11 is 5.79. The summed E-state index contributed by atoms with van der Waals surface area (Å²) in [6.45, 7) is 2.00. The highest BCUT2D eigenvalue weighted by Gasteiger charge is 2.08. The number of benzene rings is 1. The lowest BCUT2D eigenvalue weighted by Crippen LogP contribution is -2.16. The molecule has 1 aromatic rings. The molecule has 1 N–H and O–H groups in total.